The fourth-order valence-electron chi connectivity index (χ4n) is 2.92. The second-order valence-corrected chi connectivity index (χ2v) is 6.72. The van der Waals surface area contributed by atoms with Crippen molar-refractivity contribution < 1.29 is 17.6 Å². The van der Waals surface area contributed by atoms with Crippen LogP contribution in [0.5, 0.6) is 0 Å². The number of nitrogens with zero attached hydrogens (tertiary/aromatic N) is 3. The number of thiocarbonyl (C=S) groups is 1. The molecule has 2 heterocycles. The van der Waals surface area contributed by atoms with Crippen molar-refractivity contribution >= 4 is 23.0 Å². The Kier molecular flexibility index (Phi) is 6.06. The van der Waals surface area contributed by atoms with E-state index in [2.05, 4.69) is 33.6 Å². The second kappa shape index (κ2) is 8.50. The molecule has 0 bridgehead atoms. The first-order valence-corrected chi connectivity index (χ1v) is 8.96. The van der Waals surface area contributed by atoms with Crippen LogP contribution in [-0.4, -0.2) is 36.2 Å². The summed E-state index contributed by atoms with van der Waals surface area (Å²) in [4.78, 5) is 7.85. The van der Waals surface area contributed by atoms with E-state index < -0.39 is 11.7 Å². The maximum atomic E-state index is 12.9. The summed E-state index contributed by atoms with van der Waals surface area (Å²) in [6.45, 7) is 3.31. The second-order valence-electron chi connectivity index (χ2n) is 6.28. The Morgan fingerprint density at radius 3 is 2.64 bits per heavy atom. The van der Waals surface area contributed by atoms with Gasteiger partial charge in [-0.3, -0.25) is 4.90 Å². The van der Waals surface area contributed by atoms with Gasteiger partial charge in [0.2, 0.25) is 5.11 Å². The highest BCUT2D eigenvalue weighted by Gasteiger charge is 2.31. The molecule has 148 valence electrons. The van der Waals surface area contributed by atoms with E-state index >= 15 is 0 Å². The normalized spacial score (nSPS) is 15.0. The molecule has 0 radical (unpaired) electrons. The topological polar surface area (TPSA) is 62.0 Å². The Bertz CT molecular complexity index is 894. The number of piperazine rings is 1. The minimum Gasteiger partial charge on any atom is -0.445 e. The molecule has 0 saturated carbocycles. The van der Waals surface area contributed by atoms with Crippen molar-refractivity contribution in [2.45, 2.75) is 12.7 Å². The monoisotopic (exact) mass is 410 g/mol. The Labute approximate surface area is 165 Å². The molecule has 10 heteroatoms. The van der Waals surface area contributed by atoms with Crippen molar-refractivity contribution in [1.29, 1.82) is 0 Å². The lowest BCUT2D eigenvalue weighted by Gasteiger charge is -2.35. The summed E-state index contributed by atoms with van der Waals surface area (Å²) in [6, 6.07) is 11.6. The van der Waals surface area contributed by atoms with Crippen LogP contribution < -0.4 is 16.1 Å². The molecular formula is C18H19F3N5OS+. The predicted octanol–water partition coefficient (Wildman–Crippen LogP) is 3.05. The van der Waals surface area contributed by atoms with E-state index in [0.29, 0.717) is 44.2 Å². The third-order valence-electron chi connectivity index (χ3n) is 4.28. The van der Waals surface area contributed by atoms with Crippen LogP contribution in [-0.2, 0) is 12.7 Å². The summed E-state index contributed by atoms with van der Waals surface area (Å²) >= 11 is 4.63. The molecule has 2 aromatic rings. The number of benzene rings is 1. The van der Waals surface area contributed by atoms with Crippen LogP contribution in [0.2, 0.25) is 0 Å². The standard InChI is InChI=1S/C18H18F3N5OS/c19-18(20,21)13-2-1-3-14(10-13)26-8-6-25(7-9-26)12-16-5-4-15(27-16)11-23-24-17(22)28/h1-5,10H,6-9,12H2,(H2-,22,24,28)/p+1. The zero-order chi connectivity index (χ0) is 20.1. The lowest BCUT2D eigenvalue weighted by atomic mass is 10.1. The van der Waals surface area contributed by atoms with Crippen LogP contribution in [0.1, 0.15) is 17.1 Å². The summed E-state index contributed by atoms with van der Waals surface area (Å²) in [5, 5.41) is 0.0397. The first kappa shape index (κ1) is 20.0. The van der Waals surface area contributed by atoms with Crippen LogP contribution in [0.4, 0.5) is 18.9 Å². The average Bonchev–Trinajstić information content (AvgIpc) is 3.09. The number of furan rings is 1. The quantitative estimate of drug-likeness (QED) is 0.599. The fourth-order valence-corrected chi connectivity index (χ4v) is 2.97. The van der Waals surface area contributed by atoms with Crippen LogP contribution in [0.15, 0.2) is 40.8 Å². The molecule has 1 aliphatic rings. The summed E-state index contributed by atoms with van der Waals surface area (Å²) < 4.78 is 44.3. The number of halogens is 3. The van der Waals surface area contributed by atoms with Gasteiger partial charge in [0.25, 0.3) is 5.76 Å². The average molecular weight is 410 g/mol. The molecular weight excluding hydrogens is 391 g/mol. The molecule has 0 spiro atoms. The van der Waals surface area contributed by atoms with Gasteiger partial charge in [-0.25, -0.2) is 0 Å². The van der Waals surface area contributed by atoms with Gasteiger partial charge in [-0.2, -0.15) is 13.2 Å². The lowest BCUT2D eigenvalue weighted by molar-refractivity contribution is -0.137. The van der Waals surface area contributed by atoms with Crippen molar-refractivity contribution in [1.82, 2.24) is 10.3 Å². The third kappa shape index (κ3) is 5.37. The summed E-state index contributed by atoms with van der Waals surface area (Å²) in [6.07, 6.45) is -4.33. The van der Waals surface area contributed by atoms with Crippen LogP contribution in [0.25, 0.3) is 4.95 Å². The summed E-state index contributed by atoms with van der Waals surface area (Å²) in [5.41, 5.74) is 7.62. The maximum Gasteiger partial charge on any atom is 0.416 e. The largest absolute Gasteiger partial charge is 0.445 e. The first-order chi connectivity index (χ1) is 13.3. The minimum absolute atomic E-state index is 0.0397. The summed E-state index contributed by atoms with van der Waals surface area (Å²) in [5.74, 6) is 1.20. The highest BCUT2D eigenvalue weighted by atomic mass is 32.1. The van der Waals surface area contributed by atoms with Gasteiger partial charge in [-0.05, 0) is 48.0 Å². The van der Waals surface area contributed by atoms with Crippen LogP contribution >= 0.6 is 12.2 Å². The van der Waals surface area contributed by atoms with E-state index in [1.807, 2.05) is 11.0 Å². The Hall–Kier alpha value is -2.77. The maximum absolute atomic E-state index is 12.9. The molecule has 1 fully saturated rings. The molecule has 0 unspecified atom stereocenters. The van der Waals surface area contributed by atoms with Gasteiger partial charge < -0.3 is 15.1 Å². The number of nitrogens with two attached hydrogens (primary N) is 1. The fraction of sp³-hybridized carbons (Fsp3) is 0.333. The van der Waals surface area contributed by atoms with E-state index in [4.69, 9.17) is 10.2 Å². The molecule has 1 aliphatic heterocycles. The number of hydrogen-bond donors (Lipinski definition) is 2. The number of nitrogens with one attached hydrogen (secondary N) is 1. The number of hydrogen-bond acceptors (Lipinski definition) is 4. The Balaban J connectivity index is 1.54. The number of alkyl halides is 3. The van der Waals surface area contributed by atoms with E-state index in [1.165, 1.54) is 12.1 Å². The van der Waals surface area contributed by atoms with Gasteiger partial charge in [-0.15, -0.1) is 0 Å². The molecule has 3 N–H and O–H groups in total. The molecule has 0 aliphatic carbocycles. The zero-order valence-electron chi connectivity index (χ0n) is 14.9. The molecule has 1 aromatic heterocycles. The van der Waals surface area contributed by atoms with Gasteiger partial charge in [0.15, 0.2) is 0 Å². The van der Waals surface area contributed by atoms with Gasteiger partial charge in [0.05, 0.1) is 17.1 Å². The van der Waals surface area contributed by atoms with Gasteiger partial charge >= 0.3 is 12.2 Å². The SMILES string of the molecule is NC(=S)N[N+]#Cc1ccc(CN2CCN(c3cccc(C(F)(F)F)c3)CC2)o1. The number of anilines is 1. The highest BCUT2D eigenvalue weighted by molar-refractivity contribution is 7.80. The Morgan fingerprint density at radius 2 is 1.96 bits per heavy atom. The van der Waals surface area contributed by atoms with Crippen molar-refractivity contribution in [3.8, 4) is 6.07 Å². The van der Waals surface area contributed by atoms with E-state index in [-0.39, 0.29) is 5.11 Å². The predicted molar refractivity (Wildman–Crippen MR) is 104 cm³/mol. The van der Waals surface area contributed by atoms with E-state index in [1.54, 1.807) is 12.1 Å². The van der Waals surface area contributed by atoms with Crippen molar-refractivity contribution in [3.63, 3.8) is 0 Å². The van der Waals surface area contributed by atoms with Crippen molar-refractivity contribution in [3.05, 3.63) is 58.4 Å². The highest BCUT2D eigenvalue weighted by Crippen LogP contribution is 2.31. The van der Waals surface area contributed by atoms with Gasteiger partial charge in [0.1, 0.15) is 5.76 Å². The third-order valence-corrected chi connectivity index (χ3v) is 4.38. The molecule has 6 nitrogen and oxygen atoms in total. The first-order valence-electron chi connectivity index (χ1n) is 8.56. The Morgan fingerprint density at radius 1 is 1.21 bits per heavy atom. The molecule has 3 rings (SSSR count). The van der Waals surface area contributed by atoms with E-state index in [0.717, 1.165) is 11.8 Å². The molecule has 0 atom stereocenters. The molecule has 1 saturated heterocycles. The minimum atomic E-state index is -4.33. The smallest absolute Gasteiger partial charge is 0.416 e. The van der Waals surface area contributed by atoms with Crippen molar-refractivity contribution in [2.75, 3.05) is 31.1 Å². The van der Waals surface area contributed by atoms with Crippen molar-refractivity contribution in [2.24, 2.45) is 5.73 Å². The molecule has 0 amide bonds. The summed E-state index contributed by atoms with van der Waals surface area (Å²) in [7, 11) is 0. The van der Waals surface area contributed by atoms with Gasteiger partial charge in [-0.1, -0.05) is 6.07 Å². The zero-order valence-corrected chi connectivity index (χ0v) is 15.7. The number of rotatable bonds is 3. The lowest BCUT2D eigenvalue weighted by Crippen LogP contribution is -2.46. The van der Waals surface area contributed by atoms with Crippen LogP contribution in [0.3, 0.4) is 0 Å². The van der Waals surface area contributed by atoms with Gasteiger partial charge in [0, 0.05) is 31.9 Å². The van der Waals surface area contributed by atoms with Crippen LogP contribution in [0, 0.1) is 6.07 Å². The van der Waals surface area contributed by atoms with E-state index in [9.17, 15) is 13.2 Å². The molecule has 1 aromatic carbocycles. The molecule has 28 heavy (non-hydrogen) atoms.